The van der Waals surface area contributed by atoms with Crippen molar-refractivity contribution < 1.29 is 9.18 Å². The van der Waals surface area contributed by atoms with Crippen molar-refractivity contribution in [2.75, 3.05) is 0 Å². The van der Waals surface area contributed by atoms with Gasteiger partial charge in [-0.2, -0.15) is 5.10 Å². The molecule has 2 N–H and O–H groups in total. The van der Waals surface area contributed by atoms with Gasteiger partial charge in [-0.15, -0.1) is 0 Å². The molecule has 0 saturated carbocycles. The number of rotatable bonds is 3. The maximum atomic E-state index is 13.7. The molecule has 0 bridgehead atoms. The van der Waals surface area contributed by atoms with Crippen molar-refractivity contribution in [1.29, 1.82) is 0 Å². The van der Waals surface area contributed by atoms with Gasteiger partial charge in [0.2, 0.25) is 0 Å². The van der Waals surface area contributed by atoms with Gasteiger partial charge < -0.3 is 5.32 Å². The predicted octanol–water partition coefficient (Wildman–Crippen LogP) is 2.63. The van der Waals surface area contributed by atoms with Gasteiger partial charge in [-0.1, -0.05) is 24.3 Å². The second kappa shape index (κ2) is 5.13. The number of amides is 1. The Labute approximate surface area is 114 Å². The van der Waals surface area contributed by atoms with E-state index < -0.39 is 0 Å². The van der Waals surface area contributed by atoms with E-state index in [1.807, 2.05) is 0 Å². The van der Waals surface area contributed by atoms with Crippen LogP contribution in [0.3, 0.4) is 0 Å². The normalized spacial score (nSPS) is 10.7. The van der Waals surface area contributed by atoms with E-state index in [0.29, 0.717) is 22.9 Å². The lowest BCUT2D eigenvalue weighted by Crippen LogP contribution is -2.22. The molecule has 0 aliphatic carbocycles. The van der Waals surface area contributed by atoms with E-state index in [2.05, 4.69) is 15.5 Å². The molecule has 0 atom stereocenters. The predicted molar refractivity (Wildman–Crippen MR) is 73.7 cm³/mol. The summed E-state index contributed by atoms with van der Waals surface area (Å²) in [4.78, 5) is 12.2. The summed E-state index contributed by atoms with van der Waals surface area (Å²) < 4.78 is 13.7. The van der Waals surface area contributed by atoms with Gasteiger partial charge in [0.05, 0.1) is 6.20 Å². The van der Waals surface area contributed by atoms with Crippen molar-refractivity contribution in [3.05, 3.63) is 65.7 Å². The Morgan fingerprint density at radius 1 is 1.20 bits per heavy atom. The molecule has 1 aromatic heterocycles. The molecule has 3 aromatic rings. The molecule has 2 aromatic carbocycles. The van der Waals surface area contributed by atoms with Crippen LogP contribution in [0, 0.1) is 5.82 Å². The van der Waals surface area contributed by atoms with Crippen LogP contribution < -0.4 is 5.32 Å². The van der Waals surface area contributed by atoms with Crippen LogP contribution in [0.4, 0.5) is 4.39 Å². The number of carbonyl (C=O) groups excluding carboxylic acids is 1. The van der Waals surface area contributed by atoms with Gasteiger partial charge in [-0.25, -0.2) is 4.39 Å². The van der Waals surface area contributed by atoms with Crippen molar-refractivity contribution in [3.63, 3.8) is 0 Å². The minimum absolute atomic E-state index is 0.234. The molecule has 0 fully saturated rings. The number of halogens is 1. The molecule has 1 amide bonds. The lowest BCUT2D eigenvalue weighted by molar-refractivity contribution is 0.0952. The first kappa shape index (κ1) is 12.3. The van der Waals surface area contributed by atoms with E-state index >= 15 is 0 Å². The lowest BCUT2D eigenvalue weighted by Gasteiger charge is -2.08. The van der Waals surface area contributed by atoms with Crippen LogP contribution in [0.15, 0.2) is 48.8 Å². The van der Waals surface area contributed by atoms with Gasteiger partial charge in [0.15, 0.2) is 0 Å². The number of carbonyl (C=O) groups is 1. The van der Waals surface area contributed by atoms with Gasteiger partial charge in [0.25, 0.3) is 5.91 Å². The van der Waals surface area contributed by atoms with Crippen LogP contribution in [0.5, 0.6) is 0 Å². The summed E-state index contributed by atoms with van der Waals surface area (Å²) in [6.45, 7) is 0.376. The molecule has 4 nitrogen and oxygen atoms in total. The molecular formula is C15H12FN3O. The smallest absolute Gasteiger partial charge is 0.252 e. The Kier molecular flexibility index (Phi) is 3.16. The standard InChI is InChI=1S/C15H12FN3O/c16-14-6-5-13(11-3-1-2-4-12(11)14)15(20)17-7-10-8-18-19-9-10/h1-6,8-9H,7H2,(H,17,20)(H,18,19). The fourth-order valence-corrected chi connectivity index (χ4v) is 2.11. The second-order valence-electron chi connectivity index (χ2n) is 4.43. The van der Waals surface area contributed by atoms with E-state index in [4.69, 9.17) is 0 Å². The first-order valence-corrected chi connectivity index (χ1v) is 6.19. The number of hydrogen-bond donors (Lipinski definition) is 2. The molecule has 0 spiro atoms. The number of benzene rings is 2. The third-order valence-electron chi connectivity index (χ3n) is 3.12. The minimum Gasteiger partial charge on any atom is -0.348 e. The molecule has 0 aliphatic heterocycles. The number of fused-ring (bicyclic) bond motifs is 1. The van der Waals surface area contributed by atoms with E-state index in [0.717, 1.165) is 5.56 Å². The highest BCUT2D eigenvalue weighted by Crippen LogP contribution is 2.21. The SMILES string of the molecule is O=C(NCc1cn[nH]c1)c1ccc(F)c2ccccc12. The highest BCUT2D eigenvalue weighted by molar-refractivity contribution is 6.07. The Hall–Kier alpha value is -2.69. The molecule has 0 radical (unpaired) electrons. The van der Waals surface area contributed by atoms with Gasteiger partial charge in [-0.05, 0) is 17.5 Å². The first-order valence-electron chi connectivity index (χ1n) is 6.19. The monoisotopic (exact) mass is 269 g/mol. The first-order chi connectivity index (χ1) is 9.75. The zero-order valence-corrected chi connectivity index (χ0v) is 10.6. The van der Waals surface area contributed by atoms with Gasteiger partial charge in [0.1, 0.15) is 5.82 Å². The maximum Gasteiger partial charge on any atom is 0.252 e. The van der Waals surface area contributed by atoms with Crippen molar-refractivity contribution in [2.45, 2.75) is 6.54 Å². The average molecular weight is 269 g/mol. The second-order valence-corrected chi connectivity index (χ2v) is 4.43. The minimum atomic E-state index is -0.327. The van der Waals surface area contributed by atoms with Crippen molar-refractivity contribution >= 4 is 16.7 Å². The highest BCUT2D eigenvalue weighted by atomic mass is 19.1. The molecule has 0 unspecified atom stereocenters. The van der Waals surface area contributed by atoms with Gasteiger partial charge in [-0.3, -0.25) is 9.89 Å². The summed E-state index contributed by atoms with van der Waals surface area (Å²) >= 11 is 0. The summed E-state index contributed by atoms with van der Waals surface area (Å²) in [7, 11) is 0. The van der Waals surface area contributed by atoms with Crippen LogP contribution in [0.1, 0.15) is 15.9 Å². The van der Waals surface area contributed by atoms with Crippen LogP contribution in [0.2, 0.25) is 0 Å². The van der Waals surface area contributed by atoms with Crippen LogP contribution in [-0.4, -0.2) is 16.1 Å². The largest absolute Gasteiger partial charge is 0.348 e. The average Bonchev–Trinajstić information content (AvgIpc) is 2.99. The fourth-order valence-electron chi connectivity index (χ4n) is 2.11. The number of hydrogen-bond acceptors (Lipinski definition) is 2. The summed E-state index contributed by atoms with van der Waals surface area (Å²) in [5, 5.41) is 10.3. The Balaban J connectivity index is 1.90. The number of aromatic amines is 1. The van der Waals surface area contributed by atoms with E-state index in [9.17, 15) is 9.18 Å². The van der Waals surface area contributed by atoms with Crippen LogP contribution in [0.25, 0.3) is 10.8 Å². The molecule has 0 saturated heterocycles. The lowest BCUT2D eigenvalue weighted by atomic mass is 10.0. The summed E-state index contributed by atoms with van der Waals surface area (Å²) in [5.74, 6) is -0.561. The number of nitrogens with zero attached hydrogens (tertiary/aromatic N) is 1. The number of aromatic nitrogens is 2. The zero-order chi connectivity index (χ0) is 13.9. The molecule has 3 rings (SSSR count). The molecule has 5 heteroatoms. The summed E-state index contributed by atoms with van der Waals surface area (Å²) in [6, 6.07) is 9.76. The molecule has 100 valence electrons. The summed E-state index contributed by atoms with van der Waals surface area (Å²) in [6.07, 6.45) is 3.35. The van der Waals surface area contributed by atoms with Crippen molar-refractivity contribution in [2.24, 2.45) is 0 Å². The molecule has 0 aliphatic rings. The zero-order valence-electron chi connectivity index (χ0n) is 10.6. The highest BCUT2D eigenvalue weighted by Gasteiger charge is 2.12. The Morgan fingerprint density at radius 2 is 2.00 bits per heavy atom. The maximum absolute atomic E-state index is 13.7. The fraction of sp³-hybridized carbons (Fsp3) is 0.0667. The van der Waals surface area contributed by atoms with Crippen LogP contribution >= 0.6 is 0 Å². The number of nitrogens with one attached hydrogen (secondary N) is 2. The van der Waals surface area contributed by atoms with E-state index in [1.165, 1.54) is 12.1 Å². The Bertz CT molecular complexity index is 753. The van der Waals surface area contributed by atoms with Crippen LogP contribution in [-0.2, 0) is 6.54 Å². The number of H-pyrrole nitrogens is 1. The third kappa shape index (κ3) is 2.25. The topological polar surface area (TPSA) is 57.8 Å². The summed E-state index contributed by atoms with van der Waals surface area (Å²) in [5.41, 5.74) is 1.34. The molecular weight excluding hydrogens is 257 g/mol. The third-order valence-corrected chi connectivity index (χ3v) is 3.12. The van der Waals surface area contributed by atoms with E-state index in [-0.39, 0.29) is 11.7 Å². The quantitative estimate of drug-likeness (QED) is 0.768. The molecule has 20 heavy (non-hydrogen) atoms. The van der Waals surface area contributed by atoms with E-state index in [1.54, 1.807) is 36.7 Å². The van der Waals surface area contributed by atoms with Crippen molar-refractivity contribution in [3.8, 4) is 0 Å². The van der Waals surface area contributed by atoms with Crippen molar-refractivity contribution in [1.82, 2.24) is 15.5 Å². The van der Waals surface area contributed by atoms with Gasteiger partial charge >= 0.3 is 0 Å². The van der Waals surface area contributed by atoms with Gasteiger partial charge in [0, 0.05) is 29.3 Å². The Morgan fingerprint density at radius 3 is 2.75 bits per heavy atom. The molecule has 1 heterocycles.